The molecule has 3 aromatic rings. The van der Waals surface area contributed by atoms with E-state index >= 15 is 0 Å². The maximum atomic E-state index is 12.5. The van der Waals surface area contributed by atoms with Crippen molar-refractivity contribution in [3.8, 4) is 0 Å². The van der Waals surface area contributed by atoms with E-state index in [-0.39, 0.29) is 0 Å². The molecule has 108 valence electrons. The number of H-pyrrole nitrogens is 1. The second-order valence-electron chi connectivity index (χ2n) is 4.78. The fraction of sp³-hybridized carbons (Fsp3) is 0.125. The number of halogens is 3. The van der Waals surface area contributed by atoms with Crippen LogP contribution in [0.15, 0.2) is 54.7 Å². The Morgan fingerprint density at radius 1 is 0.952 bits per heavy atom. The van der Waals surface area contributed by atoms with Gasteiger partial charge in [0.2, 0.25) is 0 Å². The van der Waals surface area contributed by atoms with Gasteiger partial charge in [0.15, 0.2) is 0 Å². The summed E-state index contributed by atoms with van der Waals surface area (Å²) in [7, 11) is 0. The van der Waals surface area contributed by atoms with E-state index in [1.807, 2.05) is 30.5 Å². The van der Waals surface area contributed by atoms with Gasteiger partial charge in [-0.05, 0) is 42.0 Å². The standard InChI is InChI=1S/C16H13F3N2/c17-16(18,19)12-4-6-13(7-5-12)21-10-11-2-1-3-15-14(11)8-9-20-15/h1-9,20-21H,10H2. The molecule has 0 fully saturated rings. The summed E-state index contributed by atoms with van der Waals surface area (Å²) < 4.78 is 37.5. The average Bonchev–Trinajstić information content (AvgIpc) is 2.93. The second kappa shape index (κ2) is 5.16. The molecule has 0 spiro atoms. The van der Waals surface area contributed by atoms with Gasteiger partial charge in [0.1, 0.15) is 0 Å². The highest BCUT2D eigenvalue weighted by Gasteiger charge is 2.29. The monoisotopic (exact) mass is 290 g/mol. The minimum Gasteiger partial charge on any atom is -0.381 e. The molecule has 0 radical (unpaired) electrons. The SMILES string of the molecule is FC(F)(F)c1ccc(NCc2cccc3[nH]ccc23)cc1. The Bertz CT molecular complexity index is 742. The maximum Gasteiger partial charge on any atom is 0.416 e. The number of hydrogen-bond acceptors (Lipinski definition) is 1. The molecule has 0 aliphatic carbocycles. The van der Waals surface area contributed by atoms with Crippen LogP contribution in [-0.2, 0) is 12.7 Å². The molecule has 1 heterocycles. The molecule has 0 amide bonds. The lowest BCUT2D eigenvalue weighted by Crippen LogP contribution is -2.05. The second-order valence-corrected chi connectivity index (χ2v) is 4.78. The Morgan fingerprint density at radius 2 is 1.71 bits per heavy atom. The molecule has 0 unspecified atom stereocenters. The van der Waals surface area contributed by atoms with Crippen LogP contribution in [0.1, 0.15) is 11.1 Å². The summed E-state index contributed by atoms with van der Waals surface area (Å²) in [6, 6.07) is 13.0. The van der Waals surface area contributed by atoms with Gasteiger partial charge >= 0.3 is 6.18 Å². The van der Waals surface area contributed by atoms with Gasteiger partial charge in [0, 0.05) is 29.3 Å². The molecular formula is C16H13F3N2. The van der Waals surface area contributed by atoms with E-state index in [0.717, 1.165) is 28.6 Å². The van der Waals surface area contributed by atoms with Gasteiger partial charge in [-0.25, -0.2) is 0 Å². The van der Waals surface area contributed by atoms with Crippen LogP contribution in [0.2, 0.25) is 0 Å². The van der Waals surface area contributed by atoms with Gasteiger partial charge in [-0.1, -0.05) is 12.1 Å². The zero-order valence-corrected chi connectivity index (χ0v) is 11.0. The first kappa shape index (κ1) is 13.5. The summed E-state index contributed by atoms with van der Waals surface area (Å²) in [6.45, 7) is 0.556. The van der Waals surface area contributed by atoms with Gasteiger partial charge in [0.05, 0.1) is 5.56 Å². The van der Waals surface area contributed by atoms with E-state index in [1.165, 1.54) is 12.1 Å². The van der Waals surface area contributed by atoms with Crippen molar-refractivity contribution in [3.05, 3.63) is 65.9 Å². The minimum atomic E-state index is -4.30. The summed E-state index contributed by atoms with van der Waals surface area (Å²) >= 11 is 0. The summed E-state index contributed by atoms with van der Waals surface area (Å²) in [4.78, 5) is 3.13. The first-order valence-corrected chi connectivity index (χ1v) is 6.50. The van der Waals surface area contributed by atoms with Crippen molar-refractivity contribution in [1.29, 1.82) is 0 Å². The molecule has 0 saturated heterocycles. The van der Waals surface area contributed by atoms with Crippen molar-refractivity contribution in [2.45, 2.75) is 12.7 Å². The smallest absolute Gasteiger partial charge is 0.381 e. The van der Waals surface area contributed by atoms with E-state index in [4.69, 9.17) is 0 Å². The van der Waals surface area contributed by atoms with E-state index < -0.39 is 11.7 Å². The zero-order valence-electron chi connectivity index (χ0n) is 11.0. The predicted octanol–water partition coefficient (Wildman–Crippen LogP) is 4.80. The Balaban J connectivity index is 1.74. The van der Waals surface area contributed by atoms with Crippen LogP contribution in [-0.4, -0.2) is 4.98 Å². The Morgan fingerprint density at radius 3 is 2.43 bits per heavy atom. The van der Waals surface area contributed by atoms with Gasteiger partial charge in [-0.3, -0.25) is 0 Å². The zero-order chi connectivity index (χ0) is 14.9. The van der Waals surface area contributed by atoms with Crippen molar-refractivity contribution in [2.75, 3.05) is 5.32 Å². The highest BCUT2D eigenvalue weighted by atomic mass is 19.4. The van der Waals surface area contributed by atoms with Crippen LogP contribution >= 0.6 is 0 Å². The van der Waals surface area contributed by atoms with Crippen LogP contribution in [0.25, 0.3) is 10.9 Å². The van der Waals surface area contributed by atoms with Crippen molar-refractivity contribution in [3.63, 3.8) is 0 Å². The molecule has 0 bridgehead atoms. The summed E-state index contributed by atoms with van der Waals surface area (Å²) in [5.74, 6) is 0. The number of alkyl halides is 3. The van der Waals surface area contributed by atoms with Gasteiger partial charge < -0.3 is 10.3 Å². The first-order chi connectivity index (χ1) is 10.0. The maximum absolute atomic E-state index is 12.5. The number of aromatic nitrogens is 1. The molecule has 2 N–H and O–H groups in total. The molecule has 1 aromatic heterocycles. The molecular weight excluding hydrogens is 277 g/mol. The van der Waals surface area contributed by atoms with Crippen molar-refractivity contribution in [2.24, 2.45) is 0 Å². The number of anilines is 1. The average molecular weight is 290 g/mol. The highest BCUT2D eigenvalue weighted by Crippen LogP contribution is 2.30. The molecule has 0 atom stereocenters. The van der Waals surface area contributed by atoms with Crippen LogP contribution in [0.3, 0.4) is 0 Å². The number of fused-ring (bicyclic) bond motifs is 1. The van der Waals surface area contributed by atoms with Crippen molar-refractivity contribution < 1.29 is 13.2 Å². The Kier molecular flexibility index (Phi) is 3.33. The number of aromatic amines is 1. The Hall–Kier alpha value is -2.43. The molecule has 0 saturated carbocycles. The van der Waals surface area contributed by atoms with Crippen LogP contribution in [0.4, 0.5) is 18.9 Å². The van der Waals surface area contributed by atoms with Gasteiger partial charge in [-0.2, -0.15) is 13.2 Å². The number of rotatable bonds is 3. The van der Waals surface area contributed by atoms with Crippen LogP contribution in [0, 0.1) is 0 Å². The van der Waals surface area contributed by atoms with Crippen LogP contribution < -0.4 is 5.32 Å². The largest absolute Gasteiger partial charge is 0.416 e. The normalized spacial score (nSPS) is 11.8. The number of benzene rings is 2. The highest BCUT2D eigenvalue weighted by molar-refractivity contribution is 5.83. The molecule has 3 rings (SSSR count). The molecule has 2 nitrogen and oxygen atoms in total. The van der Waals surface area contributed by atoms with E-state index in [2.05, 4.69) is 10.3 Å². The molecule has 0 aliphatic heterocycles. The van der Waals surface area contributed by atoms with Crippen LogP contribution in [0.5, 0.6) is 0 Å². The summed E-state index contributed by atoms with van der Waals surface area (Å²) in [6.07, 6.45) is -2.43. The minimum absolute atomic E-state index is 0.556. The third-order valence-corrected chi connectivity index (χ3v) is 3.38. The number of nitrogens with one attached hydrogen (secondary N) is 2. The van der Waals surface area contributed by atoms with Gasteiger partial charge in [0.25, 0.3) is 0 Å². The Labute approximate surface area is 119 Å². The predicted molar refractivity (Wildman–Crippen MR) is 77.1 cm³/mol. The fourth-order valence-electron chi connectivity index (χ4n) is 2.28. The molecule has 5 heteroatoms. The first-order valence-electron chi connectivity index (χ1n) is 6.50. The third-order valence-electron chi connectivity index (χ3n) is 3.38. The van der Waals surface area contributed by atoms with E-state index in [0.29, 0.717) is 12.2 Å². The molecule has 21 heavy (non-hydrogen) atoms. The topological polar surface area (TPSA) is 27.8 Å². The lowest BCUT2D eigenvalue weighted by Gasteiger charge is -2.10. The molecule has 0 aliphatic rings. The lowest BCUT2D eigenvalue weighted by atomic mass is 10.1. The van der Waals surface area contributed by atoms with Crippen molar-refractivity contribution >= 4 is 16.6 Å². The van der Waals surface area contributed by atoms with E-state index in [1.54, 1.807) is 0 Å². The quantitative estimate of drug-likeness (QED) is 0.712. The van der Waals surface area contributed by atoms with Crippen molar-refractivity contribution in [1.82, 2.24) is 4.98 Å². The lowest BCUT2D eigenvalue weighted by molar-refractivity contribution is -0.137. The van der Waals surface area contributed by atoms with Gasteiger partial charge in [-0.15, -0.1) is 0 Å². The summed E-state index contributed by atoms with van der Waals surface area (Å²) in [5, 5.41) is 4.25. The summed E-state index contributed by atoms with van der Waals surface area (Å²) in [5.41, 5.74) is 2.16. The fourth-order valence-corrected chi connectivity index (χ4v) is 2.28. The number of hydrogen-bond donors (Lipinski definition) is 2. The third kappa shape index (κ3) is 2.86. The molecule has 2 aromatic carbocycles. The van der Waals surface area contributed by atoms with E-state index in [9.17, 15) is 13.2 Å².